The van der Waals surface area contributed by atoms with Crippen LogP contribution in [0.5, 0.6) is 11.5 Å². The Morgan fingerprint density at radius 1 is 1.04 bits per heavy atom. The summed E-state index contributed by atoms with van der Waals surface area (Å²) in [5.41, 5.74) is 2.54. The van der Waals surface area contributed by atoms with Crippen LogP contribution in [-0.4, -0.2) is 36.3 Å². The van der Waals surface area contributed by atoms with E-state index in [-0.39, 0.29) is 6.29 Å². The van der Waals surface area contributed by atoms with Crippen LogP contribution in [-0.2, 0) is 0 Å². The molecule has 1 fully saturated rings. The Morgan fingerprint density at radius 3 is 2.35 bits per heavy atom. The molecule has 0 spiro atoms. The number of ether oxygens (including phenoxy) is 2. The van der Waals surface area contributed by atoms with Gasteiger partial charge in [-0.15, -0.1) is 0 Å². The van der Waals surface area contributed by atoms with E-state index in [1.807, 2.05) is 52.1 Å². The monoisotopic (exact) mass is 356 g/mol. The molecule has 0 radical (unpaired) electrons. The minimum absolute atomic E-state index is 0.141. The summed E-state index contributed by atoms with van der Waals surface area (Å²) in [7, 11) is 2.19. The summed E-state index contributed by atoms with van der Waals surface area (Å²) in [6.07, 6.45) is 5.89. The van der Waals surface area contributed by atoms with Crippen molar-refractivity contribution in [2.75, 3.05) is 20.1 Å². The molecule has 1 unspecified atom stereocenters. The Labute approximate surface area is 158 Å². The molecule has 2 aliphatic heterocycles. The van der Waals surface area contributed by atoms with Crippen LogP contribution in [0.2, 0.25) is 0 Å². The van der Waals surface area contributed by atoms with Crippen LogP contribution in [0, 0.1) is 6.92 Å². The first-order valence-corrected chi connectivity index (χ1v) is 9.65. The number of piperidine rings is 1. The predicted molar refractivity (Wildman–Crippen MR) is 107 cm³/mol. The molecule has 4 rings (SSSR count). The van der Waals surface area contributed by atoms with Crippen molar-refractivity contribution in [3.05, 3.63) is 53.9 Å². The van der Waals surface area contributed by atoms with Gasteiger partial charge in [-0.25, -0.2) is 0 Å². The third-order valence-corrected chi connectivity index (χ3v) is 4.55. The van der Waals surface area contributed by atoms with Crippen LogP contribution >= 0.6 is 0 Å². The fourth-order valence-electron chi connectivity index (χ4n) is 3.21. The third kappa shape index (κ3) is 5.46. The van der Waals surface area contributed by atoms with E-state index in [1.165, 1.54) is 37.1 Å². The molecule has 0 saturated carbocycles. The van der Waals surface area contributed by atoms with Gasteiger partial charge in [-0.2, -0.15) is 0 Å². The molecule has 1 aromatic carbocycles. The van der Waals surface area contributed by atoms with Crippen LogP contribution in [0.4, 0.5) is 0 Å². The summed E-state index contributed by atoms with van der Waals surface area (Å²) in [5.74, 6) is 2.51. The highest BCUT2D eigenvalue weighted by Gasteiger charge is 2.28. The van der Waals surface area contributed by atoms with Crippen molar-refractivity contribution >= 4 is 0 Å². The number of pyridine rings is 1. The number of fused-ring (bicyclic) bond motifs is 1. The Balaban J connectivity index is 0.000000227. The quantitative estimate of drug-likeness (QED) is 0.718. The lowest BCUT2D eigenvalue weighted by molar-refractivity contribution is 0.0669. The number of hydrogen-bond donors (Lipinski definition) is 0. The smallest absolute Gasteiger partial charge is 0.238 e. The average Bonchev–Trinajstić information content (AvgIpc) is 3.05. The molecule has 0 N–H and O–H groups in total. The second kappa shape index (κ2) is 10.2. The molecule has 0 aliphatic carbocycles. The van der Waals surface area contributed by atoms with E-state index < -0.39 is 0 Å². The summed E-state index contributed by atoms with van der Waals surface area (Å²) in [5, 5.41) is 0. The molecule has 2 aromatic rings. The van der Waals surface area contributed by atoms with E-state index in [9.17, 15) is 0 Å². The van der Waals surface area contributed by atoms with Gasteiger partial charge in [0, 0.05) is 24.9 Å². The molecule has 0 bridgehead atoms. The highest BCUT2D eigenvalue weighted by Crippen LogP contribution is 2.43. The van der Waals surface area contributed by atoms with Crippen LogP contribution in [0.1, 0.15) is 50.7 Å². The summed E-state index contributed by atoms with van der Waals surface area (Å²) in [6, 6.07) is 10.2. The first-order chi connectivity index (χ1) is 12.6. The van der Waals surface area contributed by atoms with Gasteiger partial charge in [-0.1, -0.05) is 32.0 Å². The molecule has 3 heterocycles. The maximum atomic E-state index is 5.78. The topological polar surface area (TPSA) is 34.6 Å². The molecular weight excluding hydrogens is 324 g/mol. The Hall–Kier alpha value is -2.07. The van der Waals surface area contributed by atoms with E-state index in [1.54, 1.807) is 6.20 Å². The van der Waals surface area contributed by atoms with Gasteiger partial charge < -0.3 is 14.4 Å². The van der Waals surface area contributed by atoms with Crippen LogP contribution in [0.15, 0.2) is 42.7 Å². The molecule has 4 nitrogen and oxygen atoms in total. The van der Waals surface area contributed by atoms with Crippen molar-refractivity contribution in [1.29, 1.82) is 0 Å². The summed E-state index contributed by atoms with van der Waals surface area (Å²) in [4.78, 5) is 6.27. The van der Waals surface area contributed by atoms with E-state index in [4.69, 9.17) is 9.47 Å². The molecule has 0 amide bonds. The largest absolute Gasteiger partial charge is 0.451 e. The molecule has 1 saturated heterocycles. The van der Waals surface area contributed by atoms with Gasteiger partial charge in [0.05, 0.1) is 0 Å². The molecule has 142 valence electrons. The molecular formula is C22H32N2O2. The standard InChI is InChI=1S/C14H19NO2.C6H7N.C2H6/c1-10-16-13-5-3-4-12(14(13)17-10)11-6-8-15(2)9-7-11;1-6-3-2-4-7-5-6;1-2/h3-5,10-11H,6-9H2,1-2H3;2-5H,1H3;1-2H3. The maximum Gasteiger partial charge on any atom is 0.238 e. The summed E-state index contributed by atoms with van der Waals surface area (Å²) in [6.45, 7) is 10.3. The lowest BCUT2D eigenvalue weighted by Crippen LogP contribution is -2.29. The number of aromatic nitrogens is 1. The van der Waals surface area contributed by atoms with Gasteiger partial charge in [0.2, 0.25) is 6.29 Å². The maximum absolute atomic E-state index is 5.78. The minimum Gasteiger partial charge on any atom is -0.451 e. The fourth-order valence-corrected chi connectivity index (χ4v) is 3.21. The normalized spacial score (nSPS) is 19.0. The SMILES string of the molecule is CC.CC1Oc2cccc(C3CCN(C)CC3)c2O1.Cc1cccnc1. The van der Waals surface area contributed by atoms with Gasteiger partial charge in [0.1, 0.15) is 0 Å². The highest BCUT2D eigenvalue weighted by atomic mass is 16.7. The van der Waals surface area contributed by atoms with Crippen molar-refractivity contribution in [2.24, 2.45) is 0 Å². The van der Waals surface area contributed by atoms with Gasteiger partial charge in [-0.05, 0) is 63.5 Å². The minimum atomic E-state index is -0.141. The molecule has 2 aliphatic rings. The van der Waals surface area contributed by atoms with E-state index in [2.05, 4.69) is 29.1 Å². The van der Waals surface area contributed by atoms with Crippen molar-refractivity contribution in [3.63, 3.8) is 0 Å². The number of benzene rings is 1. The van der Waals surface area contributed by atoms with Crippen LogP contribution < -0.4 is 9.47 Å². The molecule has 1 aromatic heterocycles. The first kappa shape index (κ1) is 20.2. The summed E-state index contributed by atoms with van der Waals surface area (Å²) < 4.78 is 11.4. The van der Waals surface area contributed by atoms with Crippen molar-refractivity contribution < 1.29 is 9.47 Å². The van der Waals surface area contributed by atoms with Gasteiger partial charge in [-0.3, -0.25) is 4.98 Å². The fraction of sp³-hybridized carbons (Fsp3) is 0.500. The lowest BCUT2D eigenvalue weighted by Gasteiger charge is -2.29. The zero-order valence-electron chi connectivity index (χ0n) is 16.7. The number of aryl methyl sites for hydroxylation is 1. The first-order valence-electron chi connectivity index (χ1n) is 9.65. The molecule has 26 heavy (non-hydrogen) atoms. The highest BCUT2D eigenvalue weighted by molar-refractivity contribution is 5.50. The van der Waals surface area contributed by atoms with Crippen molar-refractivity contribution in [1.82, 2.24) is 9.88 Å². The lowest BCUT2D eigenvalue weighted by atomic mass is 9.89. The Bertz CT molecular complexity index is 652. The Kier molecular flexibility index (Phi) is 7.92. The average molecular weight is 357 g/mol. The predicted octanol–water partition coefficient (Wildman–Crippen LogP) is 5.03. The van der Waals surface area contributed by atoms with Crippen molar-refractivity contribution in [2.45, 2.75) is 52.7 Å². The second-order valence-electron chi connectivity index (χ2n) is 6.59. The number of likely N-dealkylation sites (tertiary alicyclic amines) is 1. The number of nitrogens with zero attached hydrogens (tertiary/aromatic N) is 2. The van der Waals surface area contributed by atoms with Gasteiger partial charge in [0.15, 0.2) is 11.5 Å². The zero-order valence-corrected chi connectivity index (χ0v) is 16.7. The number of para-hydroxylation sites is 1. The summed E-state index contributed by atoms with van der Waals surface area (Å²) >= 11 is 0. The second-order valence-corrected chi connectivity index (χ2v) is 6.59. The third-order valence-electron chi connectivity index (χ3n) is 4.55. The van der Waals surface area contributed by atoms with E-state index in [0.717, 1.165) is 11.5 Å². The molecule has 4 heteroatoms. The number of rotatable bonds is 1. The van der Waals surface area contributed by atoms with Crippen molar-refractivity contribution in [3.8, 4) is 11.5 Å². The molecule has 1 atom stereocenters. The van der Waals surface area contributed by atoms with Gasteiger partial charge in [0.25, 0.3) is 0 Å². The van der Waals surface area contributed by atoms with Gasteiger partial charge >= 0.3 is 0 Å². The number of hydrogen-bond acceptors (Lipinski definition) is 4. The zero-order chi connectivity index (χ0) is 18.9. The van der Waals surface area contributed by atoms with Crippen LogP contribution in [0.3, 0.4) is 0 Å². The van der Waals surface area contributed by atoms with E-state index >= 15 is 0 Å². The van der Waals surface area contributed by atoms with Crippen LogP contribution in [0.25, 0.3) is 0 Å². The van der Waals surface area contributed by atoms with E-state index in [0.29, 0.717) is 5.92 Å². The Morgan fingerprint density at radius 2 is 1.77 bits per heavy atom.